The highest BCUT2D eigenvalue weighted by molar-refractivity contribution is 5.85. The Bertz CT molecular complexity index is 1210. The van der Waals surface area contributed by atoms with Gasteiger partial charge >= 0.3 is 5.97 Å². The Morgan fingerprint density at radius 2 is 1.45 bits per heavy atom. The number of ether oxygens (including phenoxy) is 5. The van der Waals surface area contributed by atoms with E-state index in [1.165, 1.54) is 0 Å². The molecule has 1 heterocycles. The summed E-state index contributed by atoms with van der Waals surface area (Å²) < 4.78 is 29.6. The van der Waals surface area contributed by atoms with Crippen LogP contribution >= 0.6 is 0 Å². The number of carbonyl (C=O) groups is 2. The zero-order chi connectivity index (χ0) is 28.4. The lowest BCUT2D eigenvalue weighted by atomic mass is 10.2. The number of hydrogen-bond acceptors (Lipinski definition) is 8. The van der Waals surface area contributed by atoms with Gasteiger partial charge < -0.3 is 34.1 Å². The summed E-state index contributed by atoms with van der Waals surface area (Å²) in [5.41, 5.74) is 3.85. The van der Waals surface area contributed by atoms with Crippen molar-refractivity contribution in [2.45, 2.75) is 32.7 Å². The molecule has 2 aromatic carbocycles. The third kappa shape index (κ3) is 10.6. The van der Waals surface area contributed by atoms with E-state index in [1.54, 1.807) is 0 Å². The summed E-state index contributed by atoms with van der Waals surface area (Å²) in [5.74, 6) is -0.206. The molecular weight excluding hydrogens is 518 g/mol. The van der Waals surface area contributed by atoms with Crippen molar-refractivity contribution in [1.82, 2.24) is 10.3 Å². The Hall–Kier alpha value is -3.38. The molecule has 0 saturated heterocycles. The van der Waals surface area contributed by atoms with Gasteiger partial charge in [-0.05, 0) is 25.5 Å². The summed E-state index contributed by atoms with van der Waals surface area (Å²) in [5, 5.41) is 11.3. The number of benzene rings is 2. The number of hydrogen-bond donors (Lipinski definition) is 2. The van der Waals surface area contributed by atoms with Crippen molar-refractivity contribution in [3.8, 4) is 5.75 Å². The monoisotopic (exact) mass is 558 g/mol. The number of carboxylic acids is 1. The first kappa shape index (κ1) is 31.2. The Balaban J connectivity index is 1.21. The summed E-state index contributed by atoms with van der Waals surface area (Å²) in [6.07, 6.45) is 0.947. The summed E-state index contributed by atoms with van der Waals surface area (Å²) in [7, 11) is 0. The molecule has 218 valence electrons. The standard InChI is InChI=1S/C29H39N3O8/c1-2-32-24-8-4-3-7-23(24)31-29-25(32)9-5-10-26(29)40-14-6-11-27(33)30-13-16-37-18-20-39-22-21-38-19-17-36-15-12-28(34)35/h3-5,7-10H,2,6,11-22H2,1H3,(H-,30,33,34,35)/p+1. The largest absolute Gasteiger partial charge is 0.491 e. The molecule has 0 aliphatic rings. The fourth-order valence-electron chi connectivity index (χ4n) is 4.02. The maximum atomic E-state index is 12.1. The van der Waals surface area contributed by atoms with Gasteiger partial charge in [0.1, 0.15) is 12.1 Å². The predicted molar refractivity (Wildman–Crippen MR) is 148 cm³/mol. The normalized spacial score (nSPS) is 11.2. The summed E-state index contributed by atoms with van der Waals surface area (Å²) in [6.45, 7) is 6.84. The number of rotatable bonds is 21. The van der Waals surface area contributed by atoms with E-state index < -0.39 is 5.97 Å². The van der Waals surface area contributed by atoms with Gasteiger partial charge in [-0.25, -0.2) is 4.98 Å². The second kappa shape index (κ2) is 18.1. The zero-order valence-electron chi connectivity index (χ0n) is 23.1. The molecule has 0 aliphatic heterocycles. The molecule has 1 amide bonds. The van der Waals surface area contributed by atoms with Gasteiger partial charge in [0.25, 0.3) is 0 Å². The SMILES string of the molecule is CC[n+]1c2ccccc2nc2c(OCCCC(=O)NCCOCCOCCOCCOCCC(=O)O)cccc21. The number of fused-ring (bicyclic) bond motifs is 2. The summed E-state index contributed by atoms with van der Waals surface area (Å²) in [6, 6.07) is 14.0. The van der Waals surface area contributed by atoms with Gasteiger partial charge in [0, 0.05) is 25.1 Å². The molecule has 11 nitrogen and oxygen atoms in total. The van der Waals surface area contributed by atoms with E-state index in [2.05, 4.69) is 28.9 Å². The van der Waals surface area contributed by atoms with Crippen LogP contribution in [-0.4, -0.2) is 88.0 Å². The highest BCUT2D eigenvalue weighted by atomic mass is 16.6. The van der Waals surface area contributed by atoms with E-state index in [-0.39, 0.29) is 18.9 Å². The van der Waals surface area contributed by atoms with Crippen molar-refractivity contribution >= 4 is 33.9 Å². The van der Waals surface area contributed by atoms with Crippen LogP contribution in [0.25, 0.3) is 22.1 Å². The Morgan fingerprint density at radius 1 is 0.800 bits per heavy atom. The maximum Gasteiger partial charge on any atom is 0.305 e. The second-order valence-corrected chi connectivity index (χ2v) is 8.86. The molecule has 0 aliphatic carbocycles. The number of amides is 1. The van der Waals surface area contributed by atoms with E-state index >= 15 is 0 Å². The molecule has 0 bridgehead atoms. The number of nitrogens with zero attached hydrogens (tertiary/aromatic N) is 2. The average Bonchev–Trinajstić information content (AvgIpc) is 2.96. The summed E-state index contributed by atoms with van der Waals surface area (Å²) >= 11 is 0. The third-order valence-electron chi connectivity index (χ3n) is 5.94. The highest BCUT2D eigenvalue weighted by Gasteiger charge is 2.17. The van der Waals surface area contributed by atoms with Crippen molar-refractivity contribution in [2.75, 3.05) is 66.0 Å². The molecule has 0 atom stereocenters. The molecule has 3 rings (SSSR count). The minimum atomic E-state index is -0.880. The molecule has 40 heavy (non-hydrogen) atoms. The molecular formula is C29H40N3O8+. The fourth-order valence-corrected chi connectivity index (χ4v) is 4.02. The van der Waals surface area contributed by atoms with Crippen LogP contribution in [0.1, 0.15) is 26.2 Å². The molecule has 2 N–H and O–H groups in total. The van der Waals surface area contributed by atoms with Crippen LogP contribution in [0.15, 0.2) is 42.5 Å². The second-order valence-electron chi connectivity index (χ2n) is 8.86. The summed E-state index contributed by atoms with van der Waals surface area (Å²) in [4.78, 5) is 27.3. The van der Waals surface area contributed by atoms with Crippen molar-refractivity contribution in [3.63, 3.8) is 0 Å². The number of carboxylic acid groups (broad SMARTS) is 1. The molecule has 0 spiro atoms. The number of aromatic nitrogens is 2. The van der Waals surface area contributed by atoms with Gasteiger partial charge in [0.05, 0.1) is 65.9 Å². The lowest BCUT2D eigenvalue weighted by molar-refractivity contribution is -0.641. The van der Waals surface area contributed by atoms with E-state index in [9.17, 15) is 9.59 Å². The maximum absolute atomic E-state index is 12.1. The molecule has 11 heteroatoms. The average molecular weight is 559 g/mol. The first-order chi connectivity index (χ1) is 19.6. The van der Waals surface area contributed by atoms with Crippen LogP contribution in [0.5, 0.6) is 5.75 Å². The number of aryl methyl sites for hydroxylation is 1. The number of nitrogens with one attached hydrogen (secondary N) is 1. The first-order valence-electron chi connectivity index (χ1n) is 13.7. The Morgan fingerprint density at radius 3 is 2.15 bits per heavy atom. The van der Waals surface area contributed by atoms with Gasteiger partial charge in [-0.2, -0.15) is 4.57 Å². The van der Waals surface area contributed by atoms with Gasteiger partial charge in [-0.1, -0.05) is 18.2 Å². The quantitative estimate of drug-likeness (QED) is 0.115. The molecule has 0 fully saturated rings. The van der Waals surface area contributed by atoms with Crippen LogP contribution in [0.4, 0.5) is 0 Å². The minimum Gasteiger partial charge on any atom is -0.491 e. The smallest absolute Gasteiger partial charge is 0.305 e. The number of aliphatic carboxylic acids is 1. The van der Waals surface area contributed by atoms with Crippen molar-refractivity contribution < 1.29 is 42.9 Å². The minimum absolute atomic E-state index is 0.0101. The Labute approximate surface area is 234 Å². The molecule has 0 radical (unpaired) electrons. The number of para-hydroxylation sites is 3. The van der Waals surface area contributed by atoms with Crippen LogP contribution in [0, 0.1) is 0 Å². The molecule has 0 saturated carbocycles. The van der Waals surface area contributed by atoms with Gasteiger partial charge in [-0.15, -0.1) is 0 Å². The lowest BCUT2D eigenvalue weighted by Crippen LogP contribution is -2.34. The van der Waals surface area contributed by atoms with Gasteiger partial charge in [0.15, 0.2) is 11.3 Å². The van der Waals surface area contributed by atoms with Gasteiger partial charge in [-0.3, -0.25) is 9.59 Å². The van der Waals surface area contributed by atoms with Crippen molar-refractivity contribution in [1.29, 1.82) is 0 Å². The Kier molecular flexibility index (Phi) is 14.1. The first-order valence-corrected chi connectivity index (χ1v) is 13.7. The van der Waals surface area contributed by atoms with E-state index in [4.69, 9.17) is 33.8 Å². The molecule has 3 aromatic rings. The topological polar surface area (TPSA) is 129 Å². The fraction of sp³-hybridized carbons (Fsp3) is 0.517. The predicted octanol–water partition coefficient (Wildman–Crippen LogP) is 2.51. The van der Waals surface area contributed by atoms with Crippen LogP contribution in [-0.2, 0) is 35.1 Å². The van der Waals surface area contributed by atoms with E-state index in [0.717, 1.165) is 34.4 Å². The lowest BCUT2D eigenvalue weighted by Gasteiger charge is -2.10. The highest BCUT2D eigenvalue weighted by Crippen LogP contribution is 2.24. The van der Waals surface area contributed by atoms with Crippen LogP contribution in [0.3, 0.4) is 0 Å². The molecule has 0 unspecified atom stereocenters. The van der Waals surface area contributed by atoms with Crippen LogP contribution < -0.4 is 14.6 Å². The zero-order valence-corrected chi connectivity index (χ0v) is 23.1. The van der Waals surface area contributed by atoms with E-state index in [0.29, 0.717) is 72.2 Å². The van der Waals surface area contributed by atoms with Gasteiger partial charge in [0.2, 0.25) is 16.9 Å². The van der Waals surface area contributed by atoms with Crippen molar-refractivity contribution in [2.24, 2.45) is 0 Å². The van der Waals surface area contributed by atoms with E-state index in [1.807, 2.05) is 30.3 Å². The third-order valence-corrected chi connectivity index (χ3v) is 5.94. The molecule has 1 aromatic heterocycles. The van der Waals surface area contributed by atoms with Crippen LogP contribution in [0.2, 0.25) is 0 Å². The van der Waals surface area contributed by atoms with Crippen molar-refractivity contribution in [3.05, 3.63) is 42.5 Å². The number of carbonyl (C=O) groups excluding carboxylic acids is 1.